The number of anilines is 1. The van der Waals surface area contributed by atoms with E-state index in [4.69, 9.17) is 0 Å². The van der Waals surface area contributed by atoms with E-state index in [1.807, 2.05) is 6.92 Å². The van der Waals surface area contributed by atoms with Crippen LogP contribution in [0.15, 0.2) is 36.4 Å². The molecule has 0 saturated carbocycles. The molecule has 2 amide bonds. The van der Waals surface area contributed by atoms with Crippen LogP contribution in [0, 0.1) is 31.4 Å². The third-order valence-electron chi connectivity index (χ3n) is 4.76. The average molecular weight is 428 g/mol. The minimum absolute atomic E-state index is 0.342. The number of carbonyl (C=O) groups excluding carboxylic acids is 2. The predicted molar refractivity (Wildman–Crippen MR) is 110 cm³/mol. The van der Waals surface area contributed by atoms with Crippen molar-refractivity contribution >= 4 is 17.5 Å². The zero-order valence-electron chi connectivity index (χ0n) is 17.5. The van der Waals surface area contributed by atoms with E-state index in [0.717, 1.165) is 23.8 Å². The molecule has 0 bridgehead atoms. The van der Waals surface area contributed by atoms with Gasteiger partial charge in [0.2, 0.25) is 5.91 Å². The van der Waals surface area contributed by atoms with Crippen molar-refractivity contribution in [2.24, 2.45) is 5.92 Å². The summed E-state index contributed by atoms with van der Waals surface area (Å²) in [5.41, 5.74) is 1.29. The highest BCUT2D eigenvalue weighted by Crippen LogP contribution is 2.20. The average Bonchev–Trinajstić information content (AvgIpc) is 3.12. The Bertz CT molecular complexity index is 1110. The molecule has 1 heterocycles. The molecule has 2 aromatic carbocycles. The second-order valence-electron chi connectivity index (χ2n) is 7.42. The number of hydrogen-bond donors (Lipinski definition) is 2. The number of aromatic nitrogens is 4. The highest BCUT2D eigenvalue weighted by molar-refractivity contribution is 6.01. The van der Waals surface area contributed by atoms with Gasteiger partial charge in [0.25, 0.3) is 5.91 Å². The molecule has 162 valence electrons. The number of aryl methyl sites for hydroxylation is 2. The molecule has 0 aliphatic carbocycles. The molecule has 1 aromatic heterocycles. The van der Waals surface area contributed by atoms with Crippen LogP contribution < -0.4 is 10.6 Å². The van der Waals surface area contributed by atoms with E-state index in [1.165, 1.54) is 4.68 Å². The monoisotopic (exact) mass is 428 g/mol. The topological polar surface area (TPSA) is 102 Å². The molecule has 1 atom stereocenters. The van der Waals surface area contributed by atoms with E-state index in [9.17, 15) is 18.4 Å². The van der Waals surface area contributed by atoms with Gasteiger partial charge in [-0.2, -0.15) is 4.68 Å². The number of amides is 2. The Morgan fingerprint density at radius 2 is 1.74 bits per heavy atom. The van der Waals surface area contributed by atoms with Crippen LogP contribution in [0.1, 0.15) is 35.6 Å². The van der Waals surface area contributed by atoms with Gasteiger partial charge < -0.3 is 10.6 Å². The van der Waals surface area contributed by atoms with Gasteiger partial charge in [-0.15, -0.1) is 5.10 Å². The molecule has 0 aliphatic heterocycles. The molecule has 0 saturated heterocycles. The lowest BCUT2D eigenvalue weighted by Gasteiger charge is -2.22. The van der Waals surface area contributed by atoms with Crippen molar-refractivity contribution in [1.82, 2.24) is 25.5 Å². The van der Waals surface area contributed by atoms with Crippen molar-refractivity contribution in [3.8, 4) is 5.69 Å². The summed E-state index contributed by atoms with van der Waals surface area (Å²) >= 11 is 0. The van der Waals surface area contributed by atoms with E-state index in [0.29, 0.717) is 17.2 Å². The normalized spacial score (nSPS) is 12.0. The number of carbonyl (C=O) groups is 2. The second-order valence-corrected chi connectivity index (χ2v) is 7.42. The number of nitrogens with one attached hydrogen (secondary N) is 2. The highest BCUT2D eigenvalue weighted by Gasteiger charge is 2.27. The number of nitrogens with zero attached hydrogens (tertiary/aromatic N) is 4. The van der Waals surface area contributed by atoms with E-state index in [1.54, 1.807) is 39.0 Å². The largest absolute Gasteiger partial charge is 0.340 e. The van der Waals surface area contributed by atoms with Gasteiger partial charge >= 0.3 is 0 Å². The fourth-order valence-corrected chi connectivity index (χ4v) is 3.05. The summed E-state index contributed by atoms with van der Waals surface area (Å²) in [6, 6.07) is 7.30. The molecule has 2 N–H and O–H groups in total. The fourth-order valence-electron chi connectivity index (χ4n) is 3.05. The first-order valence-electron chi connectivity index (χ1n) is 9.60. The van der Waals surface area contributed by atoms with Crippen LogP contribution >= 0.6 is 0 Å². The summed E-state index contributed by atoms with van der Waals surface area (Å²) in [7, 11) is 0. The van der Waals surface area contributed by atoms with Crippen molar-refractivity contribution in [3.05, 3.63) is 65.0 Å². The van der Waals surface area contributed by atoms with Crippen LogP contribution in [0.3, 0.4) is 0 Å². The maximum absolute atomic E-state index is 13.9. The first-order chi connectivity index (χ1) is 14.7. The van der Waals surface area contributed by atoms with E-state index < -0.39 is 35.1 Å². The summed E-state index contributed by atoms with van der Waals surface area (Å²) in [5.74, 6) is -3.29. The Morgan fingerprint density at radius 3 is 2.32 bits per heavy atom. The first-order valence-corrected chi connectivity index (χ1v) is 9.60. The van der Waals surface area contributed by atoms with E-state index in [-0.39, 0.29) is 5.92 Å². The lowest BCUT2D eigenvalue weighted by atomic mass is 10.0. The van der Waals surface area contributed by atoms with Gasteiger partial charge in [-0.3, -0.25) is 9.59 Å². The number of hydrogen-bond acceptors (Lipinski definition) is 5. The van der Waals surface area contributed by atoms with Crippen molar-refractivity contribution in [1.29, 1.82) is 0 Å². The van der Waals surface area contributed by atoms with Gasteiger partial charge in [0.05, 0.1) is 5.69 Å². The van der Waals surface area contributed by atoms with Crippen LogP contribution in [0.2, 0.25) is 0 Å². The minimum atomic E-state index is -1.02. The van der Waals surface area contributed by atoms with Gasteiger partial charge in [0.15, 0.2) is 5.82 Å². The number of halogens is 2. The van der Waals surface area contributed by atoms with Crippen LogP contribution in [0.5, 0.6) is 0 Å². The van der Waals surface area contributed by atoms with Crippen molar-refractivity contribution in [2.45, 2.75) is 33.7 Å². The third kappa shape index (κ3) is 4.73. The van der Waals surface area contributed by atoms with Gasteiger partial charge in [0, 0.05) is 5.69 Å². The lowest BCUT2D eigenvalue weighted by Crippen LogP contribution is -2.47. The Morgan fingerprint density at radius 1 is 1.06 bits per heavy atom. The number of benzene rings is 2. The molecule has 8 nitrogen and oxygen atoms in total. The molecular formula is C21H22F2N6O2. The lowest BCUT2D eigenvalue weighted by molar-refractivity contribution is -0.118. The molecule has 3 rings (SSSR count). The molecule has 10 heteroatoms. The first kappa shape index (κ1) is 22.0. The second kappa shape index (κ2) is 8.99. The standard InChI is InChI=1S/C21H22F2N6O2/c1-11(2)19(25-20(30)18-15(22)6-5-7-16(18)23)21(31)24-14-9-8-12(3)17(10-14)29-13(4)26-27-28-29/h5-11,19H,1-4H3,(H,24,31)(H,25,30)/t19-/m0/s1. The van der Waals surface area contributed by atoms with Gasteiger partial charge in [-0.05, 0) is 60.0 Å². The summed E-state index contributed by atoms with van der Waals surface area (Å²) < 4.78 is 29.4. The summed E-state index contributed by atoms with van der Waals surface area (Å²) in [6.07, 6.45) is 0. The number of rotatable bonds is 6. The molecule has 0 spiro atoms. The molecular weight excluding hydrogens is 406 g/mol. The van der Waals surface area contributed by atoms with Gasteiger partial charge in [-0.1, -0.05) is 26.0 Å². The van der Waals surface area contributed by atoms with Crippen molar-refractivity contribution in [3.63, 3.8) is 0 Å². The molecule has 3 aromatic rings. The third-order valence-corrected chi connectivity index (χ3v) is 4.76. The van der Waals surface area contributed by atoms with Gasteiger partial charge in [0.1, 0.15) is 23.2 Å². The summed E-state index contributed by atoms with van der Waals surface area (Å²) in [4.78, 5) is 25.3. The maximum Gasteiger partial charge on any atom is 0.257 e. The summed E-state index contributed by atoms with van der Waals surface area (Å²) in [5, 5.41) is 16.6. The SMILES string of the molecule is Cc1ccc(NC(=O)[C@@H](NC(=O)c2c(F)cccc2F)C(C)C)cc1-n1nnnc1C. The van der Waals surface area contributed by atoms with Crippen molar-refractivity contribution in [2.75, 3.05) is 5.32 Å². The summed E-state index contributed by atoms with van der Waals surface area (Å²) in [6.45, 7) is 7.06. The molecule has 0 fully saturated rings. The maximum atomic E-state index is 13.9. The quantitative estimate of drug-likeness (QED) is 0.629. The predicted octanol–water partition coefficient (Wildman–Crippen LogP) is 2.95. The van der Waals surface area contributed by atoms with Crippen LogP contribution in [-0.2, 0) is 4.79 Å². The van der Waals surface area contributed by atoms with E-state index in [2.05, 4.69) is 26.2 Å². The van der Waals surface area contributed by atoms with Crippen LogP contribution in [0.4, 0.5) is 14.5 Å². The fraction of sp³-hybridized carbons (Fsp3) is 0.286. The van der Waals surface area contributed by atoms with Gasteiger partial charge in [-0.25, -0.2) is 8.78 Å². The van der Waals surface area contributed by atoms with Crippen LogP contribution in [-0.4, -0.2) is 38.1 Å². The zero-order valence-corrected chi connectivity index (χ0v) is 17.5. The molecule has 0 aliphatic rings. The Balaban J connectivity index is 1.82. The number of tetrazole rings is 1. The Labute approximate surface area is 177 Å². The molecule has 0 unspecified atom stereocenters. The smallest absolute Gasteiger partial charge is 0.257 e. The zero-order chi connectivity index (χ0) is 22.7. The van der Waals surface area contributed by atoms with Crippen molar-refractivity contribution < 1.29 is 18.4 Å². The highest BCUT2D eigenvalue weighted by atomic mass is 19.1. The molecule has 0 radical (unpaired) electrons. The van der Waals surface area contributed by atoms with Crippen LogP contribution in [0.25, 0.3) is 5.69 Å². The Kier molecular flexibility index (Phi) is 6.38. The minimum Gasteiger partial charge on any atom is -0.340 e. The Hall–Kier alpha value is -3.69. The molecule has 31 heavy (non-hydrogen) atoms. The van der Waals surface area contributed by atoms with E-state index >= 15 is 0 Å².